The Kier molecular flexibility index (Phi) is 4.52. The number of allylic oxidation sites excluding steroid dienone is 1. The van der Waals surface area contributed by atoms with Crippen LogP contribution < -0.4 is 5.32 Å². The van der Waals surface area contributed by atoms with E-state index in [0.717, 1.165) is 36.9 Å². The van der Waals surface area contributed by atoms with Crippen LogP contribution in [0.15, 0.2) is 65.6 Å². The Labute approximate surface area is 167 Å². The zero-order valence-corrected chi connectivity index (χ0v) is 16.7. The van der Waals surface area contributed by atoms with Crippen molar-refractivity contribution < 1.29 is 8.42 Å². The average Bonchev–Trinajstić information content (AvgIpc) is 3.24. The monoisotopic (exact) mass is 394 g/mol. The first-order chi connectivity index (χ1) is 13.6. The minimum absolute atomic E-state index is 0.224. The van der Waals surface area contributed by atoms with Crippen LogP contribution in [-0.4, -0.2) is 25.8 Å². The highest BCUT2D eigenvalue weighted by atomic mass is 32.2. The summed E-state index contributed by atoms with van der Waals surface area (Å²) in [6.45, 7) is 1.28. The van der Waals surface area contributed by atoms with E-state index in [2.05, 4.69) is 41.7 Å². The van der Waals surface area contributed by atoms with E-state index < -0.39 is 10.0 Å². The number of anilines is 1. The molecular formula is C23H26N2O2S. The van der Waals surface area contributed by atoms with E-state index in [-0.39, 0.29) is 6.04 Å². The van der Waals surface area contributed by atoms with Gasteiger partial charge in [-0.3, -0.25) is 0 Å². The van der Waals surface area contributed by atoms with Gasteiger partial charge in [-0.05, 0) is 54.5 Å². The van der Waals surface area contributed by atoms with Crippen molar-refractivity contribution in [1.29, 1.82) is 0 Å². The summed E-state index contributed by atoms with van der Waals surface area (Å²) in [6.07, 6.45) is 8.54. The second-order valence-corrected chi connectivity index (χ2v) is 10.0. The summed E-state index contributed by atoms with van der Waals surface area (Å²) in [4.78, 5) is 0.443. The van der Waals surface area contributed by atoms with E-state index in [0.29, 0.717) is 29.8 Å². The first-order valence-corrected chi connectivity index (χ1v) is 11.7. The van der Waals surface area contributed by atoms with Gasteiger partial charge in [0, 0.05) is 24.7 Å². The maximum absolute atomic E-state index is 13.1. The summed E-state index contributed by atoms with van der Waals surface area (Å²) in [5.74, 6) is 0.681. The molecule has 0 spiro atoms. The fourth-order valence-corrected chi connectivity index (χ4v) is 6.53. The molecule has 1 aliphatic carbocycles. The third-order valence-electron chi connectivity index (χ3n) is 6.44. The molecule has 2 heterocycles. The lowest BCUT2D eigenvalue weighted by Gasteiger charge is -2.37. The molecule has 0 aromatic heterocycles. The first kappa shape index (κ1) is 18.0. The van der Waals surface area contributed by atoms with Gasteiger partial charge in [-0.25, -0.2) is 8.42 Å². The van der Waals surface area contributed by atoms with Gasteiger partial charge in [0.1, 0.15) is 0 Å². The van der Waals surface area contributed by atoms with Crippen LogP contribution in [0.25, 0.3) is 0 Å². The van der Waals surface area contributed by atoms with E-state index in [1.807, 2.05) is 18.2 Å². The van der Waals surface area contributed by atoms with Crippen molar-refractivity contribution in [2.75, 3.05) is 18.4 Å². The van der Waals surface area contributed by atoms with Crippen LogP contribution in [0.1, 0.15) is 48.8 Å². The molecule has 1 N–H and O–H groups in total. The highest BCUT2D eigenvalue weighted by Gasteiger charge is 2.38. The summed E-state index contributed by atoms with van der Waals surface area (Å²) < 4.78 is 27.9. The highest BCUT2D eigenvalue weighted by Crippen LogP contribution is 2.50. The van der Waals surface area contributed by atoms with Crippen LogP contribution in [0.4, 0.5) is 5.69 Å². The van der Waals surface area contributed by atoms with Crippen molar-refractivity contribution in [2.45, 2.75) is 42.5 Å². The van der Waals surface area contributed by atoms with E-state index in [4.69, 9.17) is 0 Å². The Morgan fingerprint density at radius 2 is 1.75 bits per heavy atom. The lowest BCUT2D eigenvalue weighted by Crippen LogP contribution is -2.36. The van der Waals surface area contributed by atoms with Crippen molar-refractivity contribution in [3.8, 4) is 0 Å². The van der Waals surface area contributed by atoms with E-state index in [1.54, 1.807) is 10.4 Å². The van der Waals surface area contributed by atoms with Crippen LogP contribution in [0.5, 0.6) is 0 Å². The third-order valence-corrected chi connectivity index (χ3v) is 8.34. The molecule has 2 aromatic carbocycles. The molecule has 0 amide bonds. The molecule has 3 aliphatic rings. The zero-order valence-electron chi connectivity index (χ0n) is 15.9. The van der Waals surface area contributed by atoms with Gasteiger partial charge >= 0.3 is 0 Å². The van der Waals surface area contributed by atoms with Crippen molar-refractivity contribution in [2.24, 2.45) is 5.92 Å². The molecule has 1 saturated heterocycles. The number of nitrogens with one attached hydrogen (secondary N) is 1. The lowest BCUT2D eigenvalue weighted by atomic mass is 9.77. The number of fused-ring (bicyclic) bond motifs is 3. The van der Waals surface area contributed by atoms with Crippen molar-refractivity contribution in [3.63, 3.8) is 0 Å². The van der Waals surface area contributed by atoms with Crippen LogP contribution in [0.3, 0.4) is 0 Å². The molecular weight excluding hydrogens is 368 g/mol. The largest absolute Gasteiger partial charge is 0.377 e. The molecule has 0 bridgehead atoms. The SMILES string of the molecule is O=S(=O)(c1ccc2c(c1)C1CC=CC1C(c1ccccc1)N2)N1CCCCC1. The number of hydrogen-bond donors (Lipinski definition) is 1. The molecule has 2 aliphatic heterocycles. The summed E-state index contributed by atoms with van der Waals surface area (Å²) in [5.41, 5.74) is 3.48. The average molecular weight is 395 g/mol. The molecule has 2 aromatic rings. The van der Waals surface area contributed by atoms with E-state index >= 15 is 0 Å². The van der Waals surface area contributed by atoms with Gasteiger partial charge < -0.3 is 5.32 Å². The molecule has 3 atom stereocenters. The second-order valence-electron chi connectivity index (χ2n) is 8.09. The number of hydrogen-bond acceptors (Lipinski definition) is 3. The summed E-state index contributed by atoms with van der Waals surface area (Å²) in [6, 6.07) is 16.4. The van der Waals surface area contributed by atoms with E-state index in [1.165, 1.54) is 5.56 Å². The molecule has 146 valence electrons. The molecule has 28 heavy (non-hydrogen) atoms. The molecule has 5 rings (SSSR count). The molecule has 3 unspecified atom stereocenters. The zero-order chi connectivity index (χ0) is 19.1. The maximum Gasteiger partial charge on any atom is 0.243 e. The van der Waals surface area contributed by atoms with Crippen LogP contribution in [0, 0.1) is 5.92 Å². The van der Waals surface area contributed by atoms with Gasteiger partial charge in [0.25, 0.3) is 0 Å². The predicted molar refractivity (Wildman–Crippen MR) is 112 cm³/mol. The molecule has 5 heteroatoms. The fourth-order valence-electron chi connectivity index (χ4n) is 4.97. The van der Waals surface area contributed by atoms with Crippen LogP contribution in [0.2, 0.25) is 0 Å². The Morgan fingerprint density at radius 3 is 2.54 bits per heavy atom. The third kappa shape index (κ3) is 2.97. The topological polar surface area (TPSA) is 49.4 Å². The van der Waals surface area contributed by atoms with Crippen LogP contribution in [-0.2, 0) is 10.0 Å². The van der Waals surface area contributed by atoms with Gasteiger partial charge in [0.05, 0.1) is 10.9 Å². The Balaban J connectivity index is 1.51. The van der Waals surface area contributed by atoms with Gasteiger partial charge in [0.2, 0.25) is 10.0 Å². The van der Waals surface area contributed by atoms with E-state index in [9.17, 15) is 8.42 Å². The van der Waals surface area contributed by atoms with Crippen molar-refractivity contribution >= 4 is 15.7 Å². The normalized spacial score (nSPS) is 27.1. The Hall–Kier alpha value is -2.11. The second kappa shape index (κ2) is 7.05. The quantitative estimate of drug-likeness (QED) is 0.769. The van der Waals surface area contributed by atoms with Gasteiger partial charge in [-0.1, -0.05) is 48.9 Å². The standard InChI is InChI=1S/C23H26N2O2S/c26-28(27,25-14-5-2-6-15-25)18-12-13-22-21(16-18)19-10-7-11-20(19)23(24-22)17-8-3-1-4-9-17/h1,3-4,7-9,11-13,16,19-20,23-24H,2,5-6,10,14-15H2. The van der Waals surface area contributed by atoms with Crippen LogP contribution >= 0.6 is 0 Å². The predicted octanol–water partition coefficient (Wildman–Crippen LogP) is 4.69. The Morgan fingerprint density at radius 1 is 0.964 bits per heavy atom. The van der Waals surface area contributed by atoms with Gasteiger partial charge in [-0.15, -0.1) is 0 Å². The van der Waals surface area contributed by atoms with Crippen molar-refractivity contribution in [1.82, 2.24) is 4.31 Å². The lowest BCUT2D eigenvalue weighted by molar-refractivity contribution is 0.346. The number of rotatable bonds is 3. The summed E-state index contributed by atoms with van der Waals surface area (Å²) in [7, 11) is -3.40. The first-order valence-electron chi connectivity index (χ1n) is 10.3. The number of sulfonamides is 1. The number of nitrogens with zero attached hydrogens (tertiary/aromatic N) is 1. The molecule has 1 fully saturated rings. The maximum atomic E-state index is 13.1. The molecule has 0 saturated carbocycles. The molecule has 0 radical (unpaired) electrons. The smallest absolute Gasteiger partial charge is 0.243 e. The minimum atomic E-state index is -3.40. The van der Waals surface area contributed by atoms with Gasteiger partial charge in [-0.2, -0.15) is 4.31 Å². The summed E-state index contributed by atoms with van der Waals surface area (Å²) >= 11 is 0. The number of benzene rings is 2. The van der Waals surface area contributed by atoms with Crippen molar-refractivity contribution in [3.05, 3.63) is 71.8 Å². The summed E-state index contributed by atoms with van der Waals surface area (Å²) in [5, 5.41) is 3.68. The highest BCUT2D eigenvalue weighted by molar-refractivity contribution is 7.89. The Bertz CT molecular complexity index is 995. The minimum Gasteiger partial charge on any atom is -0.377 e. The number of piperidine rings is 1. The molecule has 4 nitrogen and oxygen atoms in total. The van der Waals surface area contributed by atoms with Gasteiger partial charge in [0.15, 0.2) is 0 Å². The fraction of sp³-hybridized carbons (Fsp3) is 0.391.